The molecule has 0 heterocycles. The zero-order valence-electron chi connectivity index (χ0n) is 12.9. The molecule has 0 spiro atoms. The van der Waals surface area contributed by atoms with Gasteiger partial charge in [-0.3, -0.25) is 4.90 Å². The third kappa shape index (κ3) is 3.69. The minimum atomic E-state index is -0.170. The van der Waals surface area contributed by atoms with Crippen molar-refractivity contribution in [3.63, 3.8) is 0 Å². The topological polar surface area (TPSA) is 29.3 Å². The van der Waals surface area contributed by atoms with E-state index in [1.54, 1.807) is 6.92 Å². The van der Waals surface area contributed by atoms with Crippen molar-refractivity contribution in [3.8, 4) is 0 Å². The van der Waals surface area contributed by atoms with Crippen molar-refractivity contribution in [2.45, 2.75) is 26.4 Å². The Labute approximate surface area is 126 Å². The highest BCUT2D eigenvalue weighted by molar-refractivity contribution is 5.28. The molecular formula is C18H23FN2. The van der Waals surface area contributed by atoms with Crippen molar-refractivity contribution in [2.24, 2.45) is 5.73 Å². The third-order valence-corrected chi connectivity index (χ3v) is 4.00. The standard InChI is InChI=1S/C18H23FN2/c1-13-6-4-5-7-16(13)12-21(3)18(11-20)15-8-9-17(19)14(2)10-15/h4-10,18H,11-12,20H2,1-3H3. The molecule has 1 unspecified atom stereocenters. The van der Waals surface area contributed by atoms with Crippen LogP contribution in [-0.4, -0.2) is 18.5 Å². The lowest BCUT2D eigenvalue weighted by Gasteiger charge is -2.28. The maximum Gasteiger partial charge on any atom is 0.126 e. The van der Waals surface area contributed by atoms with Crippen molar-refractivity contribution >= 4 is 0 Å². The summed E-state index contributed by atoms with van der Waals surface area (Å²) in [5, 5.41) is 0. The second kappa shape index (κ2) is 6.83. The Morgan fingerprint density at radius 3 is 2.43 bits per heavy atom. The van der Waals surface area contributed by atoms with E-state index in [-0.39, 0.29) is 11.9 Å². The lowest BCUT2D eigenvalue weighted by Crippen LogP contribution is -2.30. The van der Waals surface area contributed by atoms with Gasteiger partial charge in [0.15, 0.2) is 0 Å². The van der Waals surface area contributed by atoms with Gasteiger partial charge < -0.3 is 5.73 Å². The molecule has 0 saturated carbocycles. The Morgan fingerprint density at radius 2 is 1.81 bits per heavy atom. The highest BCUT2D eigenvalue weighted by Crippen LogP contribution is 2.23. The normalized spacial score (nSPS) is 12.7. The molecule has 0 aliphatic rings. The van der Waals surface area contributed by atoms with E-state index in [0.29, 0.717) is 12.1 Å². The van der Waals surface area contributed by atoms with Gasteiger partial charge in [-0.2, -0.15) is 0 Å². The summed E-state index contributed by atoms with van der Waals surface area (Å²) < 4.78 is 13.4. The van der Waals surface area contributed by atoms with Crippen molar-refractivity contribution in [3.05, 3.63) is 70.5 Å². The molecule has 2 rings (SSSR count). The molecule has 0 aliphatic heterocycles. The van der Waals surface area contributed by atoms with Gasteiger partial charge in [-0.05, 0) is 49.2 Å². The molecule has 2 aromatic rings. The van der Waals surface area contributed by atoms with Gasteiger partial charge >= 0.3 is 0 Å². The molecule has 112 valence electrons. The molecule has 0 radical (unpaired) electrons. The molecule has 3 heteroatoms. The molecule has 0 aromatic heterocycles. The van der Waals surface area contributed by atoms with Crippen LogP contribution in [0.1, 0.15) is 28.3 Å². The van der Waals surface area contributed by atoms with E-state index in [0.717, 1.165) is 12.1 Å². The Bertz CT molecular complexity index is 610. The summed E-state index contributed by atoms with van der Waals surface area (Å²) in [5.74, 6) is -0.170. The van der Waals surface area contributed by atoms with Crippen molar-refractivity contribution < 1.29 is 4.39 Å². The number of halogens is 1. The third-order valence-electron chi connectivity index (χ3n) is 4.00. The van der Waals surface area contributed by atoms with Crippen LogP contribution in [0.25, 0.3) is 0 Å². The molecular weight excluding hydrogens is 263 g/mol. The van der Waals surface area contributed by atoms with E-state index < -0.39 is 0 Å². The highest BCUT2D eigenvalue weighted by atomic mass is 19.1. The van der Waals surface area contributed by atoms with Gasteiger partial charge in [0.05, 0.1) is 0 Å². The molecule has 1 atom stereocenters. The summed E-state index contributed by atoms with van der Waals surface area (Å²) in [7, 11) is 2.06. The second-order valence-electron chi connectivity index (χ2n) is 5.60. The average Bonchev–Trinajstić information content (AvgIpc) is 2.46. The summed E-state index contributed by atoms with van der Waals surface area (Å²) in [5.41, 5.74) is 10.2. The van der Waals surface area contributed by atoms with Crippen LogP contribution in [0.3, 0.4) is 0 Å². The Kier molecular flexibility index (Phi) is 5.10. The number of benzene rings is 2. The van der Waals surface area contributed by atoms with E-state index in [9.17, 15) is 4.39 Å². The number of hydrogen-bond donors (Lipinski definition) is 1. The van der Waals surface area contributed by atoms with Crippen molar-refractivity contribution in [1.82, 2.24) is 4.90 Å². The first-order chi connectivity index (χ1) is 10.0. The van der Waals surface area contributed by atoms with Gasteiger partial charge in [0.25, 0.3) is 0 Å². The Morgan fingerprint density at radius 1 is 1.10 bits per heavy atom. The fourth-order valence-electron chi connectivity index (χ4n) is 2.61. The van der Waals surface area contributed by atoms with Gasteiger partial charge in [0, 0.05) is 19.1 Å². The van der Waals surface area contributed by atoms with E-state index in [4.69, 9.17) is 5.73 Å². The van der Waals surface area contributed by atoms with Crippen LogP contribution in [0.5, 0.6) is 0 Å². The summed E-state index contributed by atoms with van der Waals surface area (Å²) >= 11 is 0. The molecule has 0 amide bonds. The molecule has 21 heavy (non-hydrogen) atoms. The quantitative estimate of drug-likeness (QED) is 0.910. The zero-order valence-corrected chi connectivity index (χ0v) is 12.9. The monoisotopic (exact) mass is 286 g/mol. The minimum Gasteiger partial charge on any atom is -0.329 e. The number of hydrogen-bond acceptors (Lipinski definition) is 2. The second-order valence-corrected chi connectivity index (χ2v) is 5.60. The van der Waals surface area contributed by atoms with Crippen LogP contribution in [0.4, 0.5) is 4.39 Å². The van der Waals surface area contributed by atoms with Crippen LogP contribution in [0, 0.1) is 19.7 Å². The molecule has 0 saturated heterocycles. The Balaban J connectivity index is 2.20. The highest BCUT2D eigenvalue weighted by Gasteiger charge is 2.17. The van der Waals surface area contributed by atoms with Gasteiger partial charge in [-0.1, -0.05) is 36.4 Å². The number of nitrogens with two attached hydrogens (primary N) is 1. The molecule has 0 bridgehead atoms. The fraction of sp³-hybridized carbons (Fsp3) is 0.333. The van der Waals surface area contributed by atoms with E-state index >= 15 is 0 Å². The van der Waals surface area contributed by atoms with Gasteiger partial charge in [0.2, 0.25) is 0 Å². The number of likely N-dealkylation sites (N-methyl/N-ethyl adjacent to an activating group) is 1. The van der Waals surface area contributed by atoms with Gasteiger partial charge in [-0.25, -0.2) is 4.39 Å². The summed E-state index contributed by atoms with van der Waals surface area (Å²) in [6, 6.07) is 13.7. The van der Waals surface area contributed by atoms with E-state index in [1.807, 2.05) is 18.2 Å². The summed E-state index contributed by atoms with van der Waals surface area (Å²) in [4.78, 5) is 2.22. The first-order valence-corrected chi connectivity index (χ1v) is 7.23. The molecule has 0 fully saturated rings. The molecule has 2 N–H and O–H groups in total. The number of nitrogens with zero attached hydrogens (tertiary/aromatic N) is 1. The zero-order chi connectivity index (χ0) is 15.4. The van der Waals surface area contributed by atoms with Gasteiger partial charge in [0.1, 0.15) is 5.82 Å². The first kappa shape index (κ1) is 15.7. The predicted octanol–water partition coefficient (Wildman–Crippen LogP) is 3.57. The van der Waals surface area contributed by atoms with Crippen molar-refractivity contribution in [2.75, 3.05) is 13.6 Å². The molecule has 0 aliphatic carbocycles. The number of aryl methyl sites for hydroxylation is 2. The van der Waals surface area contributed by atoms with Crippen LogP contribution < -0.4 is 5.73 Å². The van der Waals surface area contributed by atoms with Crippen LogP contribution in [0.15, 0.2) is 42.5 Å². The van der Waals surface area contributed by atoms with E-state index in [1.165, 1.54) is 17.2 Å². The first-order valence-electron chi connectivity index (χ1n) is 7.23. The SMILES string of the molecule is Cc1cc(C(CN)N(C)Cc2ccccc2C)ccc1F. The minimum absolute atomic E-state index is 0.0870. The molecule has 2 nitrogen and oxygen atoms in total. The Hall–Kier alpha value is -1.71. The van der Waals surface area contributed by atoms with Gasteiger partial charge in [-0.15, -0.1) is 0 Å². The smallest absolute Gasteiger partial charge is 0.126 e. The fourth-order valence-corrected chi connectivity index (χ4v) is 2.61. The lowest BCUT2D eigenvalue weighted by molar-refractivity contribution is 0.241. The summed E-state index contributed by atoms with van der Waals surface area (Å²) in [6.45, 7) is 5.23. The maximum atomic E-state index is 13.4. The summed E-state index contributed by atoms with van der Waals surface area (Å²) in [6.07, 6.45) is 0. The maximum absolute atomic E-state index is 13.4. The van der Waals surface area contributed by atoms with Crippen LogP contribution in [0.2, 0.25) is 0 Å². The molecule has 2 aromatic carbocycles. The average molecular weight is 286 g/mol. The lowest BCUT2D eigenvalue weighted by atomic mass is 10.0. The van der Waals surface area contributed by atoms with Crippen LogP contribution in [-0.2, 0) is 6.54 Å². The van der Waals surface area contributed by atoms with Crippen molar-refractivity contribution in [1.29, 1.82) is 0 Å². The number of rotatable bonds is 5. The van der Waals surface area contributed by atoms with E-state index in [2.05, 4.69) is 37.1 Å². The largest absolute Gasteiger partial charge is 0.329 e. The van der Waals surface area contributed by atoms with Crippen LogP contribution >= 0.6 is 0 Å². The predicted molar refractivity (Wildman–Crippen MR) is 85.6 cm³/mol.